The highest BCUT2D eigenvalue weighted by Gasteiger charge is 2.33. The summed E-state index contributed by atoms with van der Waals surface area (Å²) in [6.07, 6.45) is 5.31. The van der Waals surface area contributed by atoms with Crippen molar-refractivity contribution in [3.05, 3.63) is 65.7 Å². The van der Waals surface area contributed by atoms with Gasteiger partial charge in [-0.15, -0.1) is 0 Å². The third-order valence-corrected chi connectivity index (χ3v) is 8.36. The molecule has 32 heavy (non-hydrogen) atoms. The lowest BCUT2D eigenvalue weighted by Gasteiger charge is -2.31. The molecule has 2 aliphatic heterocycles. The van der Waals surface area contributed by atoms with Gasteiger partial charge in [-0.2, -0.15) is 4.31 Å². The van der Waals surface area contributed by atoms with Gasteiger partial charge in [0.25, 0.3) is 0 Å². The fourth-order valence-corrected chi connectivity index (χ4v) is 6.13. The van der Waals surface area contributed by atoms with Gasteiger partial charge in [0.2, 0.25) is 15.9 Å². The van der Waals surface area contributed by atoms with Crippen LogP contribution in [0.5, 0.6) is 0 Å². The van der Waals surface area contributed by atoms with E-state index in [1.807, 2.05) is 0 Å². The van der Waals surface area contributed by atoms with E-state index in [0.717, 1.165) is 12.1 Å². The molecule has 2 aromatic rings. The first-order chi connectivity index (χ1) is 15.5. The highest BCUT2D eigenvalue weighted by atomic mass is 32.2. The molecule has 2 heterocycles. The number of carbonyl (C=O) groups excluding carboxylic acids is 1. The number of nitrogens with zero attached hydrogens (tertiary/aromatic N) is 2. The molecule has 0 bridgehead atoms. The second-order valence-electron chi connectivity index (χ2n) is 8.89. The largest absolute Gasteiger partial charge is 0.352 e. The summed E-state index contributed by atoms with van der Waals surface area (Å²) in [5.74, 6) is -0.393. The van der Waals surface area contributed by atoms with Crippen LogP contribution in [-0.2, 0) is 27.9 Å². The minimum atomic E-state index is -3.56. The van der Waals surface area contributed by atoms with Gasteiger partial charge in [-0.25, -0.2) is 8.42 Å². The number of amides is 1. The Labute approximate surface area is 191 Å². The molecule has 1 atom stereocenters. The van der Waals surface area contributed by atoms with Gasteiger partial charge in [-0.3, -0.25) is 9.69 Å². The van der Waals surface area contributed by atoms with Gasteiger partial charge in [0.15, 0.2) is 0 Å². The quantitative estimate of drug-likeness (QED) is 0.695. The Bertz CT molecular complexity index is 987. The maximum absolute atomic E-state index is 12.9. The SMILES string of the molecule is O=C(NCc1ccc(CN2CCCCC2)cc1)[C@@H]1CCCN(S(=O)(=O)c2ccccc2)C1. The molecule has 1 N–H and O–H groups in total. The van der Waals surface area contributed by atoms with Gasteiger partial charge < -0.3 is 5.32 Å². The highest BCUT2D eigenvalue weighted by Crippen LogP contribution is 2.24. The maximum Gasteiger partial charge on any atom is 0.243 e. The first kappa shape index (κ1) is 23.0. The summed E-state index contributed by atoms with van der Waals surface area (Å²) >= 11 is 0. The van der Waals surface area contributed by atoms with Gasteiger partial charge in [0.1, 0.15) is 0 Å². The number of rotatable bonds is 7. The molecule has 7 heteroatoms. The van der Waals surface area contributed by atoms with Crippen LogP contribution in [0.1, 0.15) is 43.2 Å². The molecule has 2 aromatic carbocycles. The smallest absolute Gasteiger partial charge is 0.243 e. The second kappa shape index (κ2) is 10.6. The second-order valence-corrected chi connectivity index (χ2v) is 10.8. The number of nitrogens with one attached hydrogen (secondary N) is 1. The van der Waals surface area contributed by atoms with E-state index in [1.165, 1.54) is 42.2 Å². The Kier molecular flexibility index (Phi) is 7.60. The molecule has 0 aliphatic carbocycles. The Morgan fingerprint density at radius 3 is 2.28 bits per heavy atom. The lowest BCUT2D eigenvalue weighted by molar-refractivity contribution is -0.126. The Morgan fingerprint density at radius 1 is 0.875 bits per heavy atom. The van der Waals surface area contributed by atoms with Crippen molar-refractivity contribution >= 4 is 15.9 Å². The van der Waals surface area contributed by atoms with Crippen LogP contribution in [0, 0.1) is 5.92 Å². The van der Waals surface area contributed by atoms with E-state index >= 15 is 0 Å². The van der Waals surface area contributed by atoms with Crippen LogP contribution in [0.2, 0.25) is 0 Å². The molecule has 2 fully saturated rings. The van der Waals surface area contributed by atoms with E-state index in [-0.39, 0.29) is 23.3 Å². The Hall–Kier alpha value is -2.22. The number of carbonyl (C=O) groups is 1. The maximum atomic E-state index is 12.9. The lowest BCUT2D eigenvalue weighted by atomic mass is 9.98. The van der Waals surface area contributed by atoms with E-state index in [0.29, 0.717) is 25.9 Å². The molecule has 0 aromatic heterocycles. The molecule has 1 amide bonds. The van der Waals surface area contributed by atoms with E-state index in [2.05, 4.69) is 34.5 Å². The molecule has 2 saturated heterocycles. The normalized spacial score (nSPS) is 20.7. The van der Waals surface area contributed by atoms with Crippen molar-refractivity contribution < 1.29 is 13.2 Å². The summed E-state index contributed by atoms with van der Waals surface area (Å²) in [6, 6.07) is 16.9. The molecular weight excluding hydrogens is 422 g/mol. The number of hydrogen-bond acceptors (Lipinski definition) is 4. The third kappa shape index (κ3) is 5.77. The van der Waals surface area contributed by atoms with Crippen LogP contribution in [0.15, 0.2) is 59.5 Å². The zero-order valence-electron chi connectivity index (χ0n) is 18.6. The molecule has 4 rings (SSSR count). The molecular formula is C25H33N3O3S. The van der Waals surface area contributed by atoms with Gasteiger partial charge in [-0.1, -0.05) is 48.9 Å². The van der Waals surface area contributed by atoms with Crippen LogP contribution in [0.3, 0.4) is 0 Å². The molecule has 0 saturated carbocycles. The predicted octanol–water partition coefficient (Wildman–Crippen LogP) is 3.39. The van der Waals surface area contributed by atoms with Gasteiger partial charge in [0.05, 0.1) is 10.8 Å². The first-order valence-corrected chi connectivity index (χ1v) is 13.1. The number of piperidine rings is 2. The fourth-order valence-electron chi connectivity index (χ4n) is 4.59. The van der Waals surface area contributed by atoms with Gasteiger partial charge in [-0.05, 0) is 62.0 Å². The van der Waals surface area contributed by atoms with Gasteiger partial charge >= 0.3 is 0 Å². The van der Waals surface area contributed by atoms with E-state index < -0.39 is 10.0 Å². The summed E-state index contributed by atoms with van der Waals surface area (Å²) in [7, 11) is -3.56. The van der Waals surface area contributed by atoms with Crippen molar-refractivity contribution in [2.45, 2.75) is 50.1 Å². The standard InChI is InChI=1S/C25H33N3O3S/c29-25(23-8-7-17-28(20-23)32(30,31)24-9-3-1-4-10-24)26-18-21-11-13-22(14-12-21)19-27-15-5-2-6-16-27/h1,3-4,9-14,23H,2,5-8,15-20H2,(H,26,29)/t23-/m1/s1. The van der Waals surface area contributed by atoms with Crippen molar-refractivity contribution in [1.82, 2.24) is 14.5 Å². The average molecular weight is 456 g/mol. The van der Waals surface area contributed by atoms with Crippen LogP contribution in [0.4, 0.5) is 0 Å². The monoisotopic (exact) mass is 455 g/mol. The van der Waals surface area contributed by atoms with Gasteiger partial charge in [0, 0.05) is 26.2 Å². The number of benzene rings is 2. The molecule has 0 radical (unpaired) electrons. The summed E-state index contributed by atoms with van der Waals surface area (Å²) in [5.41, 5.74) is 2.36. The van der Waals surface area contributed by atoms with Crippen molar-refractivity contribution in [2.24, 2.45) is 5.92 Å². The number of likely N-dealkylation sites (tertiary alicyclic amines) is 1. The summed E-state index contributed by atoms with van der Waals surface area (Å²) in [4.78, 5) is 15.6. The predicted molar refractivity (Wildman–Crippen MR) is 125 cm³/mol. The molecule has 6 nitrogen and oxygen atoms in total. The summed E-state index contributed by atoms with van der Waals surface area (Å²) in [6.45, 7) is 4.49. The average Bonchev–Trinajstić information content (AvgIpc) is 2.85. The Morgan fingerprint density at radius 2 is 1.56 bits per heavy atom. The molecule has 2 aliphatic rings. The topological polar surface area (TPSA) is 69.7 Å². The zero-order valence-corrected chi connectivity index (χ0v) is 19.4. The minimum Gasteiger partial charge on any atom is -0.352 e. The van der Waals surface area contributed by atoms with Crippen molar-refractivity contribution in [1.29, 1.82) is 0 Å². The highest BCUT2D eigenvalue weighted by molar-refractivity contribution is 7.89. The van der Waals surface area contributed by atoms with Crippen molar-refractivity contribution in [2.75, 3.05) is 26.2 Å². The van der Waals surface area contributed by atoms with E-state index in [1.54, 1.807) is 30.3 Å². The Balaban J connectivity index is 1.29. The molecule has 172 valence electrons. The number of sulfonamides is 1. The van der Waals surface area contributed by atoms with Crippen LogP contribution in [0.25, 0.3) is 0 Å². The van der Waals surface area contributed by atoms with Crippen LogP contribution < -0.4 is 5.32 Å². The molecule has 0 unspecified atom stereocenters. The van der Waals surface area contributed by atoms with Crippen LogP contribution >= 0.6 is 0 Å². The van der Waals surface area contributed by atoms with Crippen molar-refractivity contribution in [3.63, 3.8) is 0 Å². The summed E-state index contributed by atoms with van der Waals surface area (Å²) < 4.78 is 27.3. The lowest BCUT2D eigenvalue weighted by Crippen LogP contribution is -2.45. The first-order valence-electron chi connectivity index (χ1n) is 11.7. The number of hydrogen-bond donors (Lipinski definition) is 1. The molecule has 0 spiro atoms. The van der Waals surface area contributed by atoms with Crippen LogP contribution in [-0.4, -0.2) is 49.7 Å². The fraction of sp³-hybridized carbons (Fsp3) is 0.480. The van der Waals surface area contributed by atoms with Crippen molar-refractivity contribution in [3.8, 4) is 0 Å². The third-order valence-electron chi connectivity index (χ3n) is 6.48. The minimum absolute atomic E-state index is 0.0737. The summed E-state index contributed by atoms with van der Waals surface area (Å²) in [5, 5.41) is 3.01. The zero-order chi connectivity index (χ0) is 22.4. The van der Waals surface area contributed by atoms with E-state index in [9.17, 15) is 13.2 Å². The van der Waals surface area contributed by atoms with E-state index in [4.69, 9.17) is 0 Å².